The molecule has 0 spiro atoms. The van der Waals surface area contributed by atoms with Crippen molar-refractivity contribution in [1.29, 1.82) is 5.41 Å². The van der Waals surface area contributed by atoms with E-state index >= 15 is 0 Å². The standard InChI is InChI=1S/C27H33N5O3S/c1-26(2,3)32-36(34,35)23-12-7-6-11-22(23)18-13-15-20(16-14-18)30-25(33)27(4,5)31-21-10-8-9-19(17-21)24(28)29/h6-17,31-32H,1-5H3,(H3,28,29)(H,30,33). The summed E-state index contributed by atoms with van der Waals surface area (Å²) in [5.41, 5.74) is 7.06. The zero-order valence-corrected chi connectivity index (χ0v) is 22.0. The first-order valence-electron chi connectivity index (χ1n) is 11.5. The van der Waals surface area contributed by atoms with Gasteiger partial charge in [-0.3, -0.25) is 10.2 Å². The van der Waals surface area contributed by atoms with Gasteiger partial charge in [0.05, 0.1) is 4.90 Å². The highest BCUT2D eigenvalue weighted by molar-refractivity contribution is 7.89. The molecule has 8 nitrogen and oxygen atoms in total. The van der Waals surface area contributed by atoms with Gasteiger partial charge in [0.2, 0.25) is 15.9 Å². The normalized spacial score (nSPS) is 12.1. The molecular formula is C27H33N5O3S. The molecule has 0 radical (unpaired) electrons. The maximum atomic E-state index is 13.0. The number of anilines is 2. The molecule has 0 aliphatic rings. The van der Waals surface area contributed by atoms with Crippen LogP contribution in [0.5, 0.6) is 0 Å². The van der Waals surface area contributed by atoms with Crippen molar-refractivity contribution in [3.63, 3.8) is 0 Å². The fourth-order valence-electron chi connectivity index (χ4n) is 3.60. The Kier molecular flexibility index (Phi) is 7.56. The molecule has 3 rings (SSSR count). The first-order valence-corrected chi connectivity index (χ1v) is 12.9. The Morgan fingerprint density at radius 2 is 1.50 bits per heavy atom. The first kappa shape index (κ1) is 26.9. The summed E-state index contributed by atoms with van der Waals surface area (Å²) in [5, 5.41) is 13.7. The first-order chi connectivity index (χ1) is 16.7. The zero-order valence-electron chi connectivity index (χ0n) is 21.1. The van der Waals surface area contributed by atoms with Gasteiger partial charge in [0.25, 0.3) is 0 Å². The number of nitrogens with two attached hydrogens (primary N) is 1. The molecule has 6 N–H and O–H groups in total. The molecule has 0 saturated heterocycles. The van der Waals surface area contributed by atoms with Crippen LogP contribution in [0.25, 0.3) is 11.1 Å². The van der Waals surface area contributed by atoms with E-state index in [0.29, 0.717) is 28.1 Å². The zero-order chi connectivity index (χ0) is 26.7. The second kappa shape index (κ2) is 10.1. The van der Waals surface area contributed by atoms with E-state index in [4.69, 9.17) is 11.1 Å². The molecule has 3 aromatic rings. The van der Waals surface area contributed by atoms with Crippen LogP contribution in [-0.4, -0.2) is 31.2 Å². The molecule has 0 unspecified atom stereocenters. The molecule has 1 amide bonds. The van der Waals surface area contributed by atoms with Gasteiger partial charge >= 0.3 is 0 Å². The number of nitrogen functional groups attached to an aromatic ring is 1. The predicted octanol–water partition coefficient (Wildman–Crippen LogP) is 4.54. The third-order valence-corrected chi connectivity index (χ3v) is 7.09. The second-order valence-corrected chi connectivity index (χ2v) is 11.8. The summed E-state index contributed by atoms with van der Waals surface area (Å²) in [6, 6.07) is 20.8. The van der Waals surface area contributed by atoms with Crippen molar-refractivity contribution >= 4 is 33.1 Å². The van der Waals surface area contributed by atoms with Gasteiger partial charge in [0.1, 0.15) is 11.4 Å². The number of amides is 1. The number of nitrogens with one attached hydrogen (secondary N) is 4. The fraction of sp³-hybridized carbons (Fsp3) is 0.259. The van der Waals surface area contributed by atoms with Crippen LogP contribution in [0.15, 0.2) is 77.7 Å². The molecule has 0 bridgehead atoms. The quantitative estimate of drug-likeness (QED) is 0.225. The molecule has 9 heteroatoms. The van der Waals surface area contributed by atoms with E-state index in [1.807, 2.05) is 0 Å². The average Bonchev–Trinajstić information content (AvgIpc) is 2.78. The van der Waals surface area contributed by atoms with Crippen LogP contribution >= 0.6 is 0 Å². The van der Waals surface area contributed by atoms with Gasteiger partial charge in [-0.1, -0.05) is 42.5 Å². The third-order valence-electron chi connectivity index (χ3n) is 5.27. The van der Waals surface area contributed by atoms with Crippen LogP contribution in [0.3, 0.4) is 0 Å². The molecule has 36 heavy (non-hydrogen) atoms. The molecule has 0 heterocycles. The number of amidine groups is 1. The lowest BCUT2D eigenvalue weighted by Crippen LogP contribution is -2.44. The van der Waals surface area contributed by atoms with Crippen LogP contribution in [0.1, 0.15) is 40.2 Å². The lowest BCUT2D eigenvalue weighted by Gasteiger charge is -2.26. The Hall–Kier alpha value is -3.69. The van der Waals surface area contributed by atoms with Gasteiger partial charge in [0, 0.05) is 28.0 Å². The summed E-state index contributed by atoms with van der Waals surface area (Å²) in [5.74, 6) is -0.314. The minimum absolute atomic E-state index is 0.0513. The highest BCUT2D eigenvalue weighted by Crippen LogP contribution is 2.29. The van der Waals surface area contributed by atoms with E-state index in [0.717, 1.165) is 0 Å². The van der Waals surface area contributed by atoms with Crippen molar-refractivity contribution in [2.24, 2.45) is 5.73 Å². The molecular weight excluding hydrogens is 474 g/mol. The number of rotatable bonds is 8. The monoisotopic (exact) mass is 507 g/mol. The van der Waals surface area contributed by atoms with Crippen molar-refractivity contribution in [1.82, 2.24) is 4.72 Å². The van der Waals surface area contributed by atoms with Crippen LogP contribution in [0, 0.1) is 5.41 Å². The molecule has 0 fully saturated rings. The van der Waals surface area contributed by atoms with E-state index < -0.39 is 21.1 Å². The van der Waals surface area contributed by atoms with Crippen LogP contribution < -0.4 is 21.1 Å². The van der Waals surface area contributed by atoms with Crippen LogP contribution in [0.4, 0.5) is 11.4 Å². The second-order valence-electron chi connectivity index (χ2n) is 10.1. The number of sulfonamides is 1. The van der Waals surface area contributed by atoms with Gasteiger partial charge in [-0.15, -0.1) is 0 Å². The van der Waals surface area contributed by atoms with E-state index in [2.05, 4.69) is 15.4 Å². The van der Waals surface area contributed by atoms with Gasteiger partial charge in [-0.25, -0.2) is 13.1 Å². The van der Waals surface area contributed by atoms with Gasteiger partial charge in [-0.2, -0.15) is 0 Å². The predicted molar refractivity (Wildman–Crippen MR) is 146 cm³/mol. The number of hydrogen-bond acceptors (Lipinski definition) is 5. The highest BCUT2D eigenvalue weighted by atomic mass is 32.2. The van der Waals surface area contributed by atoms with Crippen molar-refractivity contribution in [3.8, 4) is 11.1 Å². The van der Waals surface area contributed by atoms with Gasteiger partial charge in [0.15, 0.2) is 0 Å². The molecule has 0 aromatic heterocycles. The van der Waals surface area contributed by atoms with Crippen molar-refractivity contribution in [2.45, 2.75) is 50.6 Å². The maximum Gasteiger partial charge on any atom is 0.249 e. The van der Waals surface area contributed by atoms with Crippen LogP contribution in [-0.2, 0) is 14.8 Å². The lowest BCUT2D eigenvalue weighted by molar-refractivity contribution is -0.119. The smallest absolute Gasteiger partial charge is 0.249 e. The molecule has 0 atom stereocenters. The van der Waals surface area contributed by atoms with Crippen molar-refractivity contribution in [2.75, 3.05) is 10.6 Å². The number of carbonyl (C=O) groups excluding carboxylic acids is 1. The Labute approximate surface area is 212 Å². The highest BCUT2D eigenvalue weighted by Gasteiger charge is 2.28. The Bertz CT molecular complexity index is 1380. The summed E-state index contributed by atoms with van der Waals surface area (Å²) in [4.78, 5) is 13.2. The number of hydrogen-bond donors (Lipinski definition) is 5. The summed E-state index contributed by atoms with van der Waals surface area (Å²) in [7, 11) is -3.73. The van der Waals surface area contributed by atoms with Crippen molar-refractivity contribution in [3.05, 3.63) is 78.4 Å². The minimum atomic E-state index is -3.73. The molecule has 0 saturated carbocycles. The van der Waals surface area contributed by atoms with E-state index in [9.17, 15) is 13.2 Å². The SMILES string of the molecule is CC(C)(C)NS(=O)(=O)c1ccccc1-c1ccc(NC(=O)C(C)(C)Nc2cccc(C(=N)N)c2)cc1. The summed E-state index contributed by atoms with van der Waals surface area (Å²) in [6.07, 6.45) is 0. The molecule has 3 aromatic carbocycles. The van der Waals surface area contributed by atoms with E-state index in [1.54, 1.807) is 107 Å². The summed E-state index contributed by atoms with van der Waals surface area (Å²) < 4.78 is 28.7. The summed E-state index contributed by atoms with van der Waals surface area (Å²) >= 11 is 0. The number of carbonyl (C=O) groups is 1. The van der Waals surface area contributed by atoms with Gasteiger partial charge in [-0.05, 0) is 70.5 Å². The Morgan fingerprint density at radius 3 is 2.11 bits per heavy atom. The fourth-order valence-corrected chi connectivity index (χ4v) is 5.25. The maximum absolute atomic E-state index is 13.0. The lowest BCUT2D eigenvalue weighted by atomic mass is 10.0. The van der Waals surface area contributed by atoms with Crippen molar-refractivity contribution < 1.29 is 13.2 Å². The molecule has 0 aliphatic heterocycles. The Balaban J connectivity index is 1.78. The Morgan fingerprint density at radius 1 is 0.861 bits per heavy atom. The third kappa shape index (κ3) is 6.71. The average molecular weight is 508 g/mol. The largest absolute Gasteiger partial charge is 0.384 e. The summed E-state index contributed by atoms with van der Waals surface area (Å²) in [6.45, 7) is 8.88. The van der Waals surface area contributed by atoms with Gasteiger partial charge < -0.3 is 16.4 Å². The van der Waals surface area contributed by atoms with E-state index in [-0.39, 0.29) is 16.6 Å². The number of benzene rings is 3. The minimum Gasteiger partial charge on any atom is -0.384 e. The van der Waals surface area contributed by atoms with Crippen LogP contribution in [0.2, 0.25) is 0 Å². The topological polar surface area (TPSA) is 137 Å². The molecule has 190 valence electrons. The van der Waals surface area contributed by atoms with E-state index in [1.165, 1.54) is 0 Å². The molecule has 0 aliphatic carbocycles.